The Morgan fingerprint density at radius 2 is 0.926 bits per heavy atom. The summed E-state index contributed by atoms with van der Waals surface area (Å²) in [4.78, 5) is 9.95. The predicted octanol–water partition coefficient (Wildman–Crippen LogP) is 9.89. The molecule has 13 rings (SSSR count). The first-order chi connectivity index (χ1) is 26.7. The van der Waals surface area contributed by atoms with E-state index in [-0.39, 0.29) is 6.98 Å². The summed E-state index contributed by atoms with van der Waals surface area (Å²) in [6.45, 7) is 1.86. The van der Waals surface area contributed by atoms with E-state index in [2.05, 4.69) is 134 Å². The zero-order chi connectivity index (χ0) is 35.2. The smallest absolute Gasteiger partial charge is 0.426 e. The molecule has 0 saturated carbocycles. The van der Waals surface area contributed by atoms with Crippen LogP contribution in [0.25, 0.3) is 77.1 Å². The van der Waals surface area contributed by atoms with Gasteiger partial charge in [-0.25, -0.2) is 0 Å². The van der Waals surface area contributed by atoms with Crippen molar-refractivity contribution >= 4 is 78.1 Å². The minimum absolute atomic E-state index is 0.299. The van der Waals surface area contributed by atoms with E-state index in [1.165, 1.54) is 32.8 Å². The van der Waals surface area contributed by atoms with Crippen molar-refractivity contribution in [1.29, 1.82) is 0 Å². The Morgan fingerprint density at radius 3 is 1.54 bits per heavy atom. The highest BCUT2D eigenvalue weighted by molar-refractivity contribution is 6.74. The van der Waals surface area contributed by atoms with Crippen LogP contribution in [0.5, 0.6) is 23.5 Å². The summed E-state index contributed by atoms with van der Waals surface area (Å²) in [6, 6.07) is 52.5. The Bertz CT molecular complexity index is 3340. The second-order valence-electron chi connectivity index (χ2n) is 14.4. The first-order valence-corrected chi connectivity index (χ1v) is 18.2. The van der Waals surface area contributed by atoms with Crippen LogP contribution in [0.4, 0.5) is 0 Å². The van der Waals surface area contributed by atoms with E-state index >= 15 is 0 Å². The zero-order valence-corrected chi connectivity index (χ0v) is 28.9. The second kappa shape index (κ2) is 9.99. The molecule has 6 heterocycles. The van der Waals surface area contributed by atoms with E-state index in [1.807, 2.05) is 36.4 Å². The Morgan fingerprint density at radius 1 is 0.444 bits per heavy atom. The third kappa shape index (κ3) is 3.58. The molecule has 0 saturated heterocycles. The molecule has 0 radical (unpaired) electrons. The number of imidazole rings is 2. The largest absolute Gasteiger partial charge is 0.435 e. The van der Waals surface area contributed by atoms with E-state index in [0.717, 1.165) is 55.3 Å². The van der Waals surface area contributed by atoms with Crippen LogP contribution in [0.15, 0.2) is 146 Å². The summed E-state index contributed by atoms with van der Waals surface area (Å²) in [7, 11) is 0. The van der Waals surface area contributed by atoms with Crippen molar-refractivity contribution in [2.75, 3.05) is 0 Å². The predicted molar refractivity (Wildman–Crippen MR) is 216 cm³/mol. The van der Waals surface area contributed by atoms with Gasteiger partial charge in [0.15, 0.2) is 0 Å². The highest BCUT2D eigenvalue weighted by Gasteiger charge is 2.44. The van der Waals surface area contributed by atoms with Crippen molar-refractivity contribution < 1.29 is 9.47 Å². The number of para-hydroxylation sites is 6. The summed E-state index contributed by atoms with van der Waals surface area (Å²) in [5.41, 5.74) is 12.5. The van der Waals surface area contributed by atoms with Gasteiger partial charge >= 0.3 is 6.98 Å². The van der Waals surface area contributed by atoms with Gasteiger partial charge in [0.25, 0.3) is 12.0 Å². The molecule has 9 heteroatoms. The lowest BCUT2D eigenvalue weighted by molar-refractivity contribution is 0.408. The summed E-state index contributed by atoms with van der Waals surface area (Å²) < 4.78 is 22.5. The monoisotopic (exact) mass is 694 g/mol. The molecular formula is C45H27BN6O2. The number of fused-ring (bicyclic) bond motifs is 14. The van der Waals surface area contributed by atoms with Crippen molar-refractivity contribution in [2.45, 2.75) is 6.92 Å². The van der Waals surface area contributed by atoms with Crippen molar-refractivity contribution in [1.82, 2.24) is 28.1 Å². The minimum atomic E-state index is -0.299. The van der Waals surface area contributed by atoms with Crippen molar-refractivity contribution in [3.8, 4) is 34.9 Å². The summed E-state index contributed by atoms with van der Waals surface area (Å²) in [5, 5.41) is 4.84. The van der Waals surface area contributed by atoms with Crippen LogP contribution in [0.3, 0.4) is 0 Å². The van der Waals surface area contributed by atoms with E-state index in [9.17, 15) is 0 Å². The number of ether oxygens (including phenoxy) is 2. The molecule has 4 aromatic heterocycles. The maximum atomic E-state index is 6.76. The van der Waals surface area contributed by atoms with Crippen molar-refractivity contribution in [3.63, 3.8) is 0 Å². The molecule has 0 fully saturated rings. The van der Waals surface area contributed by atoms with Gasteiger partial charge in [0.1, 0.15) is 11.5 Å². The first-order valence-electron chi connectivity index (χ1n) is 18.2. The normalized spacial score (nSPS) is 13.2. The fourth-order valence-corrected chi connectivity index (χ4v) is 9.11. The number of aryl methyl sites for hydroxylation is 1. The fraction of sp³-hybridized carbons (Fsp3) is 0.0222. The van der Waals surface area contributed by atoms with E-state index < -0.39 is 0 Å². The molecule has 252 valence electrons. The number of hydrogen-bond acceptors (Lipinski definition) is 4. The average Bonchev–Trinajstić information content (AvgIpc) is 3.94. The van der Waals surface area contributed by atoms with Gasteiger partial charge in [-0.15, -0.1) is 0 Å². The topological polar surface area (TPSA) is 64.0 Å². The molecule has 54 heavy (non-hydrogen) atoms. The number of nitrogens with zero attached hydrogens (tertiary/aromatic N) is 6. The number of benzene rings is 7. The van der Waals surface area contributed by atoms with Crippen LogP contribution in [0.2, 0.25) is 0 Å². The third-order valence-corrected chi connectivity index (χ3v) is 11.4. The number of rotatable bonds is 2. The molecular weight excluding hydrogens is 667 g/mol. The summed E-state index contributed by atoms with van der Waals surface area (Å²) in [6.07, 6.45) is 0. The number of hydrogen-bond donors (Lipinski definition) is 0. The molecule has 0 spiro atoms. The van der Waals surface area contributed by atoms with Gasteiger partial charge in [0.2, 0.25) is 0 Å². The molecule has 0 N–H and O–H groups in total. The third-order valence-electron chi connectivity index (χ3n) is 11.4. The molecule has 7 aromatic carbocycles. The Balaban J connectivity index is 1.06. The van der Waals surface area contributed by atoms with Crippen molar-refractivity contribution in [3.05, 3.63) is 151 Å². The maximum absolute atomic E-state index is 6.76. The molecule has 11 aromatic rings. The van der Waals surface area contributed by atoms with Crippen LogP contribution >= 0.6 is 0 Å². The Labute approximate surface area is 307 Å². The molecule has 0 aliphatic carbocycles. The molecule has 0 bridgehead atoms. The molecule has 0 amide bonds. The Hall–Kier alpha value is -7.26. The van der Waals surface area contributed by atoms with Gasteiger partial charge in [0.05, 0.1) is 55.3 Å². The standard InChI is InChI=1S/C45H27BN6O2/c1-26-18-20-37-31(22-26)29-10-2-6-14-35(29)49(37)27-19-21-38-32(23-27)30-11-3-7-15-36(30)50(38)28-24-41-43-42(25-28)54-45-48-34-13-5-9-17-40(34)52(45)46(43)51-39-16-8-4-12-33(39)47-44(51)53-41/h2-25H,1H3. The van der Waals surface area contributed by atoms with Crippen molar-refractivity contribution in [2.24, 2.45) is 0 Å². The quantitative estimate of drug-likeness (QED) is 0.169. The lowest BCUT2D eigenvalue weighted by Gasteiger charge is -2.32. The Kier molecular flexibility index (Phi) is 5.24. The molecule has 2 aliphatic rings. The van der Waals surface area contributed by atoms with Crippen LogP contribution in [-0.2, 0) is 0 Å². The highest BCUT2D eigenvalue weighted by Crippen LogP contribution is 2.43. The number of aromatic nitrogens is 6. The lowest BCUT2D eigenvalue weighted by atomic mass is 9.64. The van der Waals surface area contributed by atoms with Crippen LogP contribution in [-0.4, -0.2) is 35.0 Å². The molecule has 0 unspecified atom stereocenters. The molecule has 2 aliphatic heterocycles. The highest BCUT2D eigenvalue weighted by atomic mass is 16.5. The summed E-state index contributed by atoms with van der Waals surface area (Å²) in [5.74, 6) is 1.42. The second-order valence-corrected chi connectivity index (χ2v) is 14.4. The minimum Gasteiger partial charge on any atom is -0.426 e. The maximum Gasteiger partial charge on any atom is 0.435 e. The average molecular weight is 695 g/mol. The van der Waals surface area contributed by atoms with Gasteiger partial charge < -0.3 is 27.6 Å². The fourth-order valence-electron chi connectivity index (χ4n) is 9.11. The lowest BCUT2D eigenvalue weighted by Crippen LogP contribution is -2.50. The van der Waals surface area contributed by atoms with E-state index in [1.54, 1.807) is 0 Å². The van der Waals surface area contributed by atoms with Gasteiger partial charge in [-0.1, -0.05) is 72.3 Å². The SMILES string of the molecule is Cc1ccc2c(c1)c1ccccc1n2-c1ccc2c(c1)c1ccccc1n2-c1cc2c3c(c1)Oc1nc4ccccc4n1B3n1c(nc3ccccc31)O2. The van der Waals surface area contributed by atoms with Gasteiger partial charge in [-0.05, 0) is 73.7 Å². The van der Waals surface area contributed by atoms with Gasteiger partial charge in [-0.3, -0.25) is 0 Å². The molecule has 0 atom stereocenters. The van der Waals surface area contributed by atoms with Gasteiger partial charge in [-0.2, -0.15) is 9.97 Å². The van der Waals surface area contributed by atoms with Crippen LogP contribution < -0.4 is 14.9 Å². The van der Waals surface area contributed by atoms with Crippen LogP contribution in [0.1, 0.15) is 5.56 Å². The molecule has 8 nitrogen and oxygen atoms in total. The van der Waals surface area contributed by atoms with Gasteiger partial charge in [0, 0.05) is 39.4 Å². The first kappa shape index (κ1) is 28.3. The summed E-state index contributed by atoms with van der Waals surface area (Å²) >= 11 is 0. The van der Waals surface area contributed by atoms with E-state index in [0.29, 0.717) is 23.5 Å². The van der Waals surface area contributed by atoms with Crippen LogP contribution in [0, 0.1) is 6.92 Å². The zero-order valence-electron chi connectivity index (χ0n) is 28.9. The van der Waals surface area contributed by atoms with E-state index in [4.69, 9.17) is 19.4 Å².